The molecule has 0 amide bonds. The van der Waals surface area contributed by atoms with Crippen molar-refractivity contribution in [3.05, 3.63) is 12.2 Å². The third-order valence-corrected chi connectivity index (χ3v) is 20.0. The fraction of sp³-hybridized carbons (Fsp3) is 0.932. The zero-order chi connectivity index (χ0) is 71.8. The SMILES string of the molecule is CCCCCC/C=C\CCCCCCCCCC(=O)OCC1OC(OC2C(O)C(O)C(O)C(OC3OC(CO)C(O)C(O)C3O)C2OP(=O)(O)OCC(COC(=O)CCCCCCCCCCCCCCCC)OC(=O)CCCCCCCCCCCCCCCC)C(O)C(O)C1O. The molecular weight excluding hydrogens is 1290 g/mol. The van der Waals surface area contributed by atoms with Crippen LogP contribution in [0, 0.1) is 0 Å². The Kier molecular flexibility index (Phi) is 50.7. The molecule has 3 fully saturated rings. The summed E-state index contributed by atoms with van der Waals surface area (Å²) in [6.07, 6.45) is 14.1. The van der Waals surface area contributed by atoms with Gasteiger partial charge in [0.15, 0.2) is 18.7 Å². The quantitative estimate of drug-likeness (QED) is 0.00886. The summed E-state index contributed by atoms with van der Waals surface area (Å²) in [7, 11) is -5.69. The summed E-state index contributed by atoms with van der Waals surface area (Å²) in [5.41, 5.74) is 0. The maximum Gasteiger partial charge on any atom is 0.472 e. The number of hydrogen-bond acceptors (Lipinski definition) is 23. The minimum Gasteiger partial charge on any atom is -0.463 e. The van der Waals surface area contributed by atoms with Crippen LogP contribution in [0.3, 0.4) is 0 Å². The largest absolute Gasteiger partial charge is 0.472 e. The molecule has 24 nitrogen and oxygen atoms in total. The highest BCUT2D eigenvalue weighted by molar-refractivity contribution is 7.47. The Morgan fingerprint density at radius 3 is 1.11 bits per heavy atom. The number of unbranched alkanes of at least 4 members (excludes halogenated alkanes) is 37. The second-order valence-corrected chi connectivity index (χ2v) is 29.1. The summed E-state index contributed by atoms with van der Waals surface area (Å²) in [5, 5.41) is 110. The van der Waals surface area contributed by atoms with E-state index in [0.717, 1.165) is 109 Å². The molecule has 18 unspecified atom stereocenters. The van der Waals surface area contributed by atoms with Gasteiger partial charge in [-0.25, -0.2) is 4.57 Å². The molecule has 25 heteroatoms. The van der Waals surface area contributed by atoms with Gasteiger partial charge in [0.05, 0.1) is 13.2 Å². The van der Waals surface area contributed by atoms with Crippen molar-refractivity contribution in [3.8, 4) is 0 Å². The summed E-state index contributed by atoms with van der Waals surface area (Å²) in [5.74, 6) is -1.98. The predicted molar refractivity (Wildman–Crippen MR) is 370 cm³/mol. The highest BCUT2D eigenvalue weighted by atomic mass is 31.2. The Hall–Kier alpha value is -2.30. The smallest absolute Gasteiger partial charge is 0.463 e. The maximum absolute atomic E-state index is 14.3. The number of phosphoric acid groups is 1. The van der Waals surface area contributed by atoms with E-state index in [1.54, 1.807) is 0 Å². The van der Waals surface area contributed by atoms with Gasteiger partial charge >= 0.3 is 25.7 Å². The van der Waals surface area contributed by atoms with Crippen LogP contribution in [-0.4, -0.2) is 204 Å². The third kappa shape index (κ3) is 37.9. The van der Waals surface area contributed by atoms with Crippen molar-refractivity contribution in [1.29, 1.82) is 0 Å². The number of aliphatic hydroxyl groups excluding tert-OH is 10. The van der Waals surface area contributed by atoms with E-state index in [1.807, 2.05) is 0 Å². The number of rotatable bonds is 60. The van der Waals surface area contributed by atoms with Crippen molar-refractivity contribution in [2.24, 2.45) is 0 Å². The molecule has 2 saturated heterocycles. The van der Waals surface area contributed by atoms with Gasteiger partial charge in [0.1, 0.15) is 98.7 Å². The van der Waals surface area contributed by atoms with Crippen LogP contribution in [0.4, 0.5) is 0 Å². The van der Waals surface area contributed by atoms with Crippen LogP contribution in [0.2, 0.25) is 0 Å². The lowest BCUT2D eigenvalue weighted by atomic mass is 9.84. The molecule has 18 atom stereocenters. The molecule has 0 aromatic carbocycles. The Morgan fingerprint density at radius 2 is 0.714 bits per heavy atom. The average Bonchev–Trinajstić information content (AvgIpc) is 0.718. The standard InChI is InChI=1S/C73H135O24P/c1-4-7-10-13-16-19-22-25-28-31-33-36-39-42-45-48-58(76)90-53-56-61(79)63(81)68(86)73(94-56)96-70-66(84)64(82)65(83)69(95-72-67(85)62(80)60(78)55(50-74)93-72)71(70)97-98(87,88)91-52-54(92-59(77)49-46-43-40-37-34-30-27-24-21-18-15-12-9-6-3)51-89-57(75)47-44-41-38-35-32-29-26-23-20-17-14-11-8-5-2/h19,22,54-56,60-74,78-86H,4-18,20-21,23-53H2,1-3H3,(H,87,88)/b22-19-. The van der Waals surface area contributed by atoms with E-state index in [2.05, 4.69) is 32.9 Å². The van der Waals surface area contributed by atoms with Crippen LogP contribution in [0.25, 0.3) is 0 Å². The third-order valence-electron chi connectivity index (χ3n) is 19.0. The topological polar surface area (TPSA) is 374 Å². The lowest BCUT2D eigenvalue weighted by Crippen LogP contribution is -2.69. The summed E-state index contributed by atoms with van der Waals surface area (Å²) in [6.45, 7) is 3.45. The van der Waals surface area contributed by atoms with Gasteiger partial charge in [-0.15, -0.1) is 0 Å². The van der Waals surface area contributed by atoms with Crippen LogP contribution in [0.15, 0.2) is 12.2 Å². The Balaban J connectivity index is 1.72. The second kappa shape index (κ2) is 55.2. The van der Waals surface area contributed by atoms with E-state index >= 15 is 0 Å². The van der Waals surface area contributed by atoms with Gasteiger partial charge in [-0.2, -0.15) is 0 Å². The first kappa shape index (κ1) is 89.9. The van der Waals surface area contributed by atoms with Crippen LogP contribution < -0.4 is 0 Å². The number of carbonyl (C=O) groups excluding carboxylic acids is 3. The van der Waals surface area contributed by atoms with Gasteiger partial charge in [0.25, 0.3) is 0 Å². The lowest BCUT2D eigenvalue weighted by Gasteiger charge is -2.49. The Morgan fingerprint density at radius 1 is 0.388 bits per heavy atom. The van der Waals surface area contributed by atoms with Gasteiger partial charge in [-0.05, 0) is 44.9 Å². The second-order valence-electron chi connectivity index (χ2n) is 27.7. The van der Waals surface area contributed by atoms with Crippen molar-refractivity contribution in [1.82, 2.24) is 0 Å². The number of aliphatic hydroxyl groups is 10. The monoisotopic (exact) mass is 1430 g/mol. The molecule has 576 valence electrons. The first-order valence-electron chi connectivity index (χ1n) is 38.5. The normalized spacial score (nSPS) is 27.7. The van der Waals surface area contributed by atoms with Crippen LogP contribution >= 0.6 is 7.82 Å². The van der Waals surface area contributed by atoms with Gasteiger partial charge in [-0.1, -0.05) is 251 Å². The molecule has 1 aliphatic carbocycles. The molecule has 0 bridgehead atoms. The molecule has 0 spiro atoms. The number of esters is 3. The van der Waals surface area contributed by atoms with E-state index in [-0.39, 0.29) is 19.3 Å². The minimum atomic E-state index is -5.69. The first-order valence-corrected chi connectivity index (χ1v) is 40.0. The first-order chi connectivity index (χ1) is 47.3. The van der Waals surface area contributed by atoms with Gasteiger partial charge < -0.3 is 89.1 Å². The van der Waals surface area contributed by atoms with Crippen molar-refractivity contribution in [3.63, 3.8) is 0 Å². The number of ether oxygens (including phenoxy) is 7. The highest BCUT2D eigenvalue weighted by Crippen LogP contribution is 2.49. The summed E-state index contributed by atoms with van der Waals surface area (Å²) < 4.78 is 65.1. The Bertz CT molecular complexity index is 2080. The van der Waals surface area contributed by atoms with E-state index in [0.29, 0.717) is 19.3 Å². The van der Waals surface area contributed by atoms with Crippen LogP contribution in [0.1, 0.15) is 303 Å². The fourth-order valence-electron chi connectivity index (χ4n) is 12.8. The summed E-state index contributed by atoms with van der Waals surface area (Å²) >= 11 is 0. The highest BCUT2D eigenvalue weighted by Gasteiger charge is 2.58. The number of allylic oxidation sites excluding steroid dienone is 2. The molecule has 3 rings (SSSR count). The molecular formula is C73H135O24P. The van der Waals surface area contributed by atoms with E-state index in [1.165, 1.54) is 135 Å². The maximum atomic E-state index is 14.3. The van der Waals surface area contributed by atoms with Gasteiger partial charge in [-0.3, -0.25) is 23.4 Å². The van der Waals surface area contributed by atoms with Crippen LogP contribution in [-0.2, 0) is 61.2 Å². The molecule has 0 aromatic rings. The number of hydrogen-bond donors (Lipinski definition) is 11. The fourth-order valence-corrected chi connectivity index (χ4v) is 13.7. The molecule has 98 heavy (non-hydrogen) atoms. The zero-order valence-electron chi connectivity index (χ0n) is 60.1. The van der Waals surface area contributed by atoms with Gasteiger partial charge in [0.2, 0.25) is 0 Å². The van der Waals surface area contributed by atoms with Crippen LogP contribution in [0.5, 0.6) is 0 Å². The molecule has 11 N–H and O–H groups in total. The van der Waals surface area contributed by atoms with Crippen molar-refractivity contribution >= 4 is 25.7 Å². The average molecular weight is 1430 g/mol. The summed E-state index contributed by atoms with van der Waals surface area (Å²) in [6, 6.07) is 0. The Labute approximate surface area is 586 Å². The lowest BCUT2D eigenvalue weighted by molar-refractivity contribution is -0.360. The van der Waals surface area contributed by atoms with Crippen molar-refractivity contribution < 1.29 is 117 Å². The molecule has 2 aliphatic heterocycles. The van der Waals surface area contributed by atoms with E-state index in [4.69, 9.17) is 42.2 Å². The van der Waals surface area contributed by atoms with Crippen molar-refractivity contribution in [2.45, 2.75) is 407 Å². The molecule has 2 heterocycles. The minimum absolute atomic E-state index is 0.0248. The van der Waals surface area contributed by atoms with Gasteiger partial charge in [0, 0.05) is 19.3 Å². The predicted octanol–water partition coefficient (Wildman–Crippen LogP) is 10.7. The molecule has 0 radical (unpaired) electrons. The van der Waals surface area contributed by atoms with E-state index in [9.17, 15) is 74.9 Å². The number of carbonyl (C=O) groups is 3. The summed E-state index contributed by atoms with van der Waals surface area (Å²) in [4.78, 5) is 51.0. The molecule has 3 aliphatic rings. The number of phosphoric ester groups is 1. The van der Waals surface area contributed by atoms with E-state index < -0.39 is 156 Å². The molecule has 0 aromatic heterocycles. The van der Waals surface area contributed by atoms with Crippen molar-refractivity contribution in [2.75, 3.05) is 26.4 Å². The zero-order valence-corrected chi connectivity index (χ0v) is 61.0. The molecule has 1 saturated carbocycles.